The minimum atomic E-state index is -0.939. The van der Waals surface area contributed by atoms with Gasteiger partial charge in [0.05, 0.1) is 11.9 Å². The van der Waals surface area contributed by atoms with Crippen LogP contribution in [0.2, 0.25) is 0 Å². The van der Waals surface area contributed by atoms with Crippen molar-refractivity contribution in [3.63, 3.8) is 0 Å². The summed E-state index contributed by atoms with van der Waals surface area (Å²) in [5.41, 5.74) is 3.15. The molecule has 0 atom stereocenters. The number of pyridine rings is 1. The van der Waals surface area contributed by atoms with Crippen molar-refractivity contribution in [2.75, 3.05) is 5.32 Å². The second-order valence-corrected chi connectivity index (χ2v) is 5.76. The number of nitrogens with one attached hydrogen (secondary N) is 2. The number of benzene rings is 1. The maximum absolute atomic E-state index is 12.1. The number of rotatable bonds is 3. The van der Waals surface area contributed by atoms with E-state index in [1.165, 1.54) is 6.21 Å². The van der Waals surface area contributed by atoms with Crippen molar-refractivity contribution >= 4 is 23.7 Å². The largest absolute Gasteiger partial charge is 0.476 e. The van der Waals surface area contributed by atoms with E-state index in [-0.39, 0.29) is 11.8 Å². The summed E-state index contributed by atoms with van der Waals surface area (Å²) in [5.74, 6) is -0.123. The predicted octanol–water partition coefficient (Wildman–Crippen LogP) is 1.95. The smallest absolute Gasteiger partial charge is 0.271 e. The Morgan fingerprint density at radius 3 is 2.79 bits per heavy atom. The van der Waals surface area contributed by atoms with Crippen molar-refractivity contribution in [3.05, 3.63) is 53.9 Å². The molecule has 7 nitrogen and oxygen atoms in total. The molecule has 2 aromatic rings. The van der Waals surface area contributed by atoms with Gasteiger partial charge >= 0.3 is 0 Å². The molecule has 0 spiro atoms. The van der Waals surface area contributed by atoms with E-state index in [0.717, 1.165) is 5.56 Å². The molecule has 0 saturated heterocycles. The van der Waals surface area contributed by atoms with Gasteiger partial charge in [-0.05, 0) is 49.7 Å². The Balaban J connectivity index is 1.72. The monoisotopic (exact) mass is 324 g/mol. The van der Waals surface area contributed by atoms with Gasteiger partial charge in [0.25, 0.3) is 11.8 Å². The summed E-state index contributed by atoms with van der Waals surface area (Å²) in [5, 5.41) is 6.64. The highest BCUT2D eigenvalue weighted by atomic mass is 16.5. The van der Waals surface area contributed by atoms with Crippen molar-refractivity contribution in [2.24, 2.45) is 5.10 Å². The van der Waals surface area contributed by atoms with Crippen LogP contribution in [-0.2, 0) is 4.79 Å². The van der Waals surface area contributed by atoms with Gasteiger partial charge in [-0.2, -0.15) is 5.10 Å². The Morgan fingerprint density at radius 2 is 2.04 bits per heavy atom. The number of ether oxygens (including phenoxy) is 1. The van der Waals surface area contributed by atoms with E-state index in [9.17, 15) is 9.59 Å². The van der Waals surface area contributed by atoms with Crippen LogP contribution in [0.5, 0.6) is 5.75 Å². The molecular formula is C17H16N4O3. The first kappa shape index (κ1) is 15.7. The van der Waals surface area contributed by atoms with Crippen molar-refractivity contribution in [1.29, 1.82) is 0 Å². The van der Waals surface area contributed by atoms with Gasteiger partial charge in [0, 0.05) is 18.0 Å². The summed E-state index contributed by atoms with van der Waals surface area (Å²) in [7, 11) is 0. The summed E-state index contributed by atoms with van der Waals surface area (Å²) < 4.78 is 5.63. The van der Waals surface area contributed by atoms with Crippen molar-refractivity contribution in [3.8, 4) is 5.75 Å². The molecule has 0 radical (unpaired) electrons. The molecule has 1 aromatic carbocycles. The molecule has 1 aliphatic heterocycles. The molecule has 24 heavy (non-hydrogen) atoms. The normalized spacial score (nSPS) is 15.3. The first-order chi connectivity index (χ1) is 11.5. The molecule has 2 amide bonds. The average Bonchev–Trinajstić information content (AvgIpc) is 2.56. The van der Waals surface area contributed by atoms with Crippen LogP contribution in [0.15, 0.2) is 47.8 Å². The number of amides is 2. The van der Waals surface area contributed by atoms with E-state index in [4.69, 9.17) is 4.74 Å². The second-order valence-electron chi connectivity index (χ2n) is 5.76. The van der Waals surface area contributed by atoms with Gasteiger partial charge in [0.2, 0.25) is 0 Å². The molecule has 3 rings (SSSR count). The Bertz CT molecular complexity index is 816. The molecule has 122 valence electrons. The molecule has 2 N–H and O–H groups in total. The van der Waals surface area contributed by atoms with Gasteiger partial charge in [-0.15, -0.1) is 0 Å². The van der Waals surface area contributed by atoms with Crippen LogP contribution in [0.25, 0.3) is 0 Å². The van der Waals surface area contributed by atoms with E-state index in [0.29, 0.717) is 17.0 Å². The Morgan fingerprint density at radius 1 is 1.29 bits per heavy atom. The topological polar surface area (TPSA) is 92.7 Å². The van der Waals surface area contributed by atoms with Crippen LogP contribution in [0, 0.1) is 0 Å². The van der Waals surface area contributed by atoms with Crippen LogP contribution < -0.4 is 15.5 Å². The van der Waals surface area contributed by atoms with Gasteiger partial charge in [-0.3, -0.25) is 14.6 Å². The number of carbonyl (C=O) groups excluding carboxylic acids is 2. The first-order valence-electron chi connectivity index (χ1n) is 7.34. The number of carbonyl (C=O) groups is 2. The lowest BCUT2D eigenvalue weighted by Crippen LogP contribution is -2.45. The average molecular weight is 324 g/mol. The Kier molecular flexibility index (Phi) is 3.99. The Labute approximate surface area is 138 Å². The van der Waals surface area contributed by atoms with E-state index >= 15 is 0 Å². The fraction of sp³-hybridized carbons (Fsp3) is 0.176. The SMILES string of the molecule is CC1(C)Oc2ccc(C(=O)N/N=C/c3ccncc3)cc2NC1=O. The third-order valence-corrected chi connectivity index (χ3v) is 3.49. The fourth-order valence-corrected chi connectivity index (χ4v) is 2.13. The fourth-order valence-electron chi connectivity index (χ4n) is 2.13. The molecular weight excluding hydrogens is 308 g/mol. The van der Waals surface area contributed by atoms with Crippen LogP contribution in [0.3, 0.4) is 0 Å². The molecule has 7 heteroatoms. The van der Waals surface area contributed by atoms with E-state index < -0.39 is 5.60 Å². The van der Waals surface area contributed by atoms with Crippen molar-refractivity contribution in [2.45, 2.75) is 19.4 Å². The molecule has 1 aromatic heterocycles. The highest BCUT2D eigenvalue weighted by Gasteiger charge is 2.35. The van der Waals surface area contributed by atoms with Crippen molar-refractivity contribution < 1.29 is 14.3 Å². The van der Waals surface area contributed by atoms with E-state index in [2.05, 4.69) is 20.8 Å². The number of hydrazone groups is 1. The number of anilines is 1. The van der Waals surface area contributed by atoms with Gasteiger partial charge in [0.15, 0.2) is 5.60 Å². The van der Waals surface area contributed by atoms with Gasteiger partial charge in [0.1, 0.15) is 5.75 Å². The quantitative estimate of drug-likeness (QED) is 0.667. The summed E-state index contributed by atoms with van der Waals surface area (Å²) >= 11 is 0. The molecule has 0 bridgehead atoms. The lowest BCUT2D eigenvalue weighted by Gasteiger charge is -2.31. The number of fused-ring (bicyclic) bond motifs is 1. The Hall–Kier alpha value is -3.22. The molecule has 2 heterocycles. The minimum absolute atomic E-state index is 0.261. The van der Waals surface area contributed by atoms with Crippen LogP contribution in [-0.4, -0.2) is 28.6 Å². The van der Waals surface area contributed by atoms with Crippen LogP contribution >= 0.6 is 0 Å². The van der Waals surface area contributed by atoms with E-state index in [1.807, 2.05) is 0 Å². The molecule has 1 aliphatic rings. The maximum Gasteiger partial charge on any atom is 0.271 e. The zero-order valence-corrected chi connectivity index (χ0v) is 13.2. The van der Waals surface area contributed by atoms with Crippen molar-refractivity contribution in [1.82, 2.24) is 10.4 Å². The van der Waals surface area contributed by atoms with Crippen LogP contribution in [0.4, 0.5) is 5.69 Å². The zero-order chi connectivity index (χ0) is 17.2. The van der Waals surface area contributed by atoms with Gasteiger partial charge in [-0.1, -0.05) is 0 Å². The lowest BCUT2D eigenvalue weighted by atomic mass is 10.0. The molecule has 0 aliphatic carbocycles. The number of hydrogen-bond acceptors (Lipinski definition) is 5. The molecule has 0 fully saturated rings. The number of hydrogen-bond donors (Lipinski definition) is 2. The maximum atomic E-state index is 12.1. The standard InChI is InChI=1S/C17H16N4O3/c1-17(2)16(23)20-13-9-12(3-4-14(13)24-17)15(22)21-19-10-11-5-7-18-8-6-11/h3-10H,1-2H3,(H,20,23)(H,21,22)/b19-10+. The van der Waals surface area contributed by atoms with E-state index in [1.54, 1.807) is 56.6 Å². The summed E-state index contributed by atoms with van der Waals surface area (Å²) in [6.07, 6.45) is 4.79. The minimum Gasteiger partial charge on any atom is -0.476 e. The second kappa shape index (κ2) is 6.11. The third kappa shape index (κ3) is 3.24. The zero-order valence-electron chi connectivity index (χ0n) is 13.2. The highest BCUT2D eigenvalue weighted by molar-refractivity contribution is 6.02. The van der Waals surface area contributed by atoms with Gasteiger partial charge in [-0.25, -0.2) is 5.43 Å². The first-order valence-corrected chi connectivity index (χ1v) is 7.34. The van der Waals surface area contributed by atoms with Crippen LogP contribution in [0.1, 0.15) is 29.8 Å². The highest BCUT2D eigenvalue weighted by Crippen LogP contribution is 2.34. The summed E-state index contributed by atoms with van der Waals surface area (Å²) in [4.78, 5) is 28.0. The third-order valence-electron chi connectivity index (χ3n) is 3.49. The van der Waals surface area contributed by atoms with Gasteiger partial charge < -0.3 is 10.1 Å². The number of nitrogens with zero attached hydrogens (tertiary/aromatic N) is 2. The lowest BCUT2D eigenvalue weighted by molar-refractivity contribution is -0.129. The molecule has 0 unspecified atom stereocenters. The summed E-state index contributed by atoms with van der Waals surface area (Å²) in [6, 6.07) is 8.35. The predicted molar refractivity (Wildman–Crippen MR) is 89.1 cm³/mol. The number of aromatic nitrogens is 1. The molecule has 0 saturated carbocycles. The summed E-state index contributed by atoms with van der Waals surface area (Å²) in [6.45, 7) is 3.36.